The first-order valence-corrected chi connectivity index (χ1v) is 13.5. The van der Waals surface area contributed by atoms with Gasteiger partial charge in [-0.2, -0.15) is 13.2 Å². The van der Waals surface area contributed by atoms with Crippen LogP contribution in [0, 0.1) is 11.7 Å². The van der Waals surface area contributed by atoms with E-state index in [2.05, 4.69) is 51.4 Å². The van der Waals surface area contributed by atoms with Crippen LogP contribution >= 0.6 is 0 Å². The summed E-state index contributed by atoms with van der Waals surface area (Å²) >= 11 is 0. The van der Waals surface area contributed by atoms with Crippen molar-refractivity contribution in [3.8, 4) is 0 Å². The summed E-state index contributed by atoms with van der Waals surface area (Å²) in [5.41, 5.74) is 1.70. The number of carboxylic acid groups (broad SMARTS) is 1. The minimum Gasteiger partial charge on any atom is -0.475 e. The van der Waals surface area contributed by atoms with Crippen molar-refractivity contribution in [1.82, 2.24) is 20.5 Å². The summed E-state index contributed by atoms with van der Waals surface area (Å²) in [6.07, 6.45) is -3.61. The highest BCUT2D eigenvalue weighted by Crippen LogP contribution is 2.36. The van der Waals surface area contributed by atoms with Crippen LogP contribution in [0.15, 0.2) is 54.6 Å². The van der Waals surface area contributed by atoms with E-state index in [0.29, 0.717) is 24.3 Å². The number of piperidine rings is 1. The fraction of sp³-hybridized carbons (Fsp3) is 0.414. The van der Waals surface area contributed by atoms with Gasteiger partial charge in [0.2, 0.25) is 5.91 Å². The Morgan fingerprint density at radius 1 is 1.07 bits per heavy atom. The zero-order valence-corrected chi connectivity index (χ0v) is 23.2. The van der Waals surface area contributed by atoms with Gasteiger partial charge in [-0.3, -0.25) is 9.59 Å². The number of carbonyl (C=O) groups excluding carboxylic acids is 2. The number of carbonyl (C=O) groups is 3. The highest BCUT2D eigenvalue weighted by molar-refractivity contribution is 5.98. The normalized spacial score (nSPS) is 17.6. The van der Waals surface area contributed by atoms with Crippen molar-refractivity contribution in [2.24, 2.45) is 5.92 Å². The lowest BCUT2D eigenvalue weighted by Crippen LogP contribution is -2.58. The van der Waals surface area contributed by atoms with Crippen LogP contribution in [-0.4, -0.2) is 76.8 Å². The van der Waals surface area contributed by atoms with E-state index in [1.54, 1.807) is 12.1 Å². The Kier molecular flexibility index (Phi) is 9.09. The van der Waals surface area contributed by atoms with Gasteiger partial charge in [-0.1, -0.05) is 32.0 Å². The molecule has 0 saturated carbocycles. The van der Waals surface area contributed by atoms with Crippen molar-refractivity contribution >= 4 is 34.4 Å². The third kappa shape index (κ3) is 6.84. The molecule has 42 heavy (non-hydrogen) atoms. The van der Waals surface area contributed by atoms with Crippen LogP contribution in [0.4, 0.5) is 23.2 Å². The number of H-pyrrole nitrogens is 1. The number of aromatic nitrogens is 1. The predicted octanol–water partition coefficient (Wildman–Crippen LogP) is 4.12. The lowest BCUT2D eigenvalue weighted by Gasteiger charge is -2.44. The quantitative estimate of drug-likeness (QED) is 0.321. The first-order valence-electron chi connectivity index (χ1n) is 13.5. The number of fused-ring (bicyclic) bond motifs is 1. The second kappa shape index (κ2) is 12.4. The summed E-state index contributed by atoms with van der Waals surface area (Å²) in [7, 11) is 0. The lowest BCUT2D eigenvalue weighted by atomic mass is 9.85. The maximum atomic E-state index is 13.5. The van der Waals surface area contributed by atoms with Crippen LogP contribution in [0.5, 0.6) is 0 Å². The van der Waals surface area contributed by atoms with Gasteiger partial charge in [-0.25, -0.2) is 9.18 Å². The molecule has 9 nitrogen and oxygen atoms in total. The van der Waals surface area contributed by atoms with Crippen molar-refractivity contribution in [3.63, 3.8) is 0 Å². The lowest BCUT2D eigenvalue weighted by molar-refractivity contribution is -0.192. The predicted molar refractivity (Wildman–Crippen MR) is 148 cm³/mol. The van der Waals surface area contributed by atoms with E-state index < -0.39 is 17.7 Å². The summed E-state index contributed by atoms with van der Waals surface area (Å²) in [5.74, 6) is -2.95. The van der Waals surface area contributed by atoms with E-state index in [0.717, 1.165) is 37.1 Å². The van der Waals surface area contributed by atoms with Crippen molar-refractivity contribution in [2.75, 3.05) is 31.2 Å². The number of alkyl halides is 3. The summed E-state index contributed by atoms with van der Waals surface area (Å²) < 4.78 is 45.3. The van der Waals surface area contributed by atoms with Crippen LogP contribution in [-0.2, 0) is 9.59 Å². The average molecular weight is 592 g/mol. The molecule has 2 aliphatic rings. The van der Waals surface area contributed by atoms with Gasteiger partial charge in [0.1, 0.15) is 17.1 Å². The second-order valence-electron chi connectivity index (χ2n) is 10.8. The topological polar surface area (TPSA) is 118 Å². The Balaban J connectivity index is 0.000000517. The van der Waals surface area contributed by atoms with E-state index in [1.165, 1.54) is 12.1 Å². The SMILES string of the molecule is CC(C)[C@@H](CN1CCC2(CC1)C(=O)NCN2c1ccccc1)NC(=O)c1cc2cc(F)ccc2[nH]1.O=C(O)C(F)(F)F. The molecule has 0 unspecified atom stereocenters. The number of para-hydroxylation sites is 1. The highest BCUT2D eigenvalue weighted by Gasteiger charge is 2.50. The number of benzene rings is 2. The third-order valence-electron chi connectivity index (χ3n) is 7.73. The summed E-state index contributed by atoms with van der Waals surface area (Å²) in [5, 5.41) is 14.0. The van der Waals surface area contributed by atoms with Crippen LogP contribution in [0.2, 0.25) is 0 Å². The Hall–Kier alpha value is -4.13. The molecule has 3 aromatic rings. The number of nitrogens with zero attached hydrogens (tertiary/aromatic N) is 2. The van der Waals surface area contributed by atoms with E-state index in [1.807, 2.05) is 18.2 Å². The molecular weight excluding hydrogens is 558 g/mol. The number of aromatic amines is 1. The van der Waals surface area contributed by atoms with Crippen molar-refractivity contribution in [1.29, 1.82) is 0 Å². The van der Waals surface area contributed by atoms with Gasteiger partial charge >= 0.3 is 12.1 Å². The molecule has 0 aliphatic carbocycles. The first kappa shape index (κ1) is 30.8. The molecule has 2 fully saturated rings. The number of hydrogen-bond donors (Lipinski definition) is 4. The van der Waals surface area contributed by atoms with Gasteiger partial charge < -0.3 is 30.5 Å². The maximum absolute atomic E-state index is 13.5. The van der Waals surface area contributed by atoms with Gasteiger partial charge in [0.15, 0.2) is 0 Å². The number of halogens is 4. The molecule has 0 radical (unpaired) electrons. The highest BCUT2D eigenvalue weighted by atomic mass is 19.4. The fourth-order valence-corrected chi connectivity index (χ4v) is 5.31. The second-order valence-corrected chi connectivity index (χ2v) is 10.8. The molecule has 0 bridgehead atoms. The molecule has 1 atom stereocenters. The Labute approximate surface area is 239 Å². The number of nitrogens with one attached hydrogen (secondary N) is 3. The molecule has 2 amide bonds. The number of aliphatic carboxylic acids is 1. The van der Waals surface area contributed by atoms with Crippen molar-refractivity contribution in [3.05, 3.63) is 66.1 Å². The number of carboxylic acids is 1. The van der Waals surface area contributed by atoms with Gasteiger partial charge in [0.05, 0.1) is 6.67 Å². The smallest absolute Gasteiger partial charge is 0.475 e. The Bertz CT molecular complexity index is 1420. The average Bonchev–Trinajstić information content (AvgIpc) is 3.50. The molecule has 3 heterocycles. The number of rotatable bonds is 6. The van der Waals surface area contributed by atoms with Gasteiger partial charge in [0, 0.05) is 42.3 Å². The Morgan fingerprint density at radius 2 is 1.71 bits per heavy atom. The fourth-order valence-electron chi connectivity index (χ4n) is 5.31. The Morgan fingerprint density at radius 3 is 2.31 bits per heavy atom. The van der Waals surface area contributed by atoms with Crippen molar-refractivity contribution in [2.45, 2.75) is 44.4 Å². The minimum absolute atomic E-state index is 0.0534. The van der Waals surface area contributed by atoms with Gasteiger partial charge in [0.25, 0.3) is 5.91 Å². The van der Waals surface area contributed by atoms with E-state index in [4.69, 9.17) is 9.90 Å². The zero-order valence-electron chi connectivity index (χ0n) is 23.2. The maximum Gasteiger partial charge on any atom is 0.490 e. The van der Waals surface area contributed by atoms with Gasteiger partial charge in [-0.15, -0.1) is 0 Å². The van der Waals surface area contributed by atoms with Crippen molar-refractivity contribution < 1.29 is 37.1 Å². The van der Waals surface area contributed by atoms with Crippen LogP contribution in [0.1, 0.15) is 37.2 Å². The number of likely N-dealkylation sites (tertiary alicyclic amines) is 1. The number of anilines is 1. The van der Waals surface area contributed by atoms with Crippen LogP contribution < -0.4 is 15.5 Å². The molecule has 13 heteroatoms. The van der Waals surface area contributed by atoms with E-state index in [-0.39, 0.29) is 29.6 Å². The van der Waals surface area contributed by atoms with Crippen LogP contribution in [0.25, 0.3) is 10.9 Å². The van der Waals surface area contributed by atoms with E-state index >= 15 is 0 Å². The standard InChI is InChI=1S/C27H32FN5O2.C2HF3O2/c1-18(2)24(31-25(34)23-15-19-14-20(28)8-9-22(19)30-23)16-32-12-10-27(11-13-32)26(35)29-17-33(27)21-6-4-3-5-7-21;3-2(4,5)1(6)7/h3-9,14-15,18,24,30H,10-13,16-17H2,1-2H3,(H,29,35)(H,31,34);(H,6,7)/t24-;/m1./s1. The van der Waals surface area contributed by atoms with Crippen LogP contribution in [0.3, 0.4) is 0 Å². The minimum atomic E-state index is -5.08. The molecule has 1 aromatic heterocycles. The molecular formula is C29H33F4N5O4. The molecule has 2 saturated heterocycles. The molecule has 5 rings (SSSR count). The number of amides is 2. The zero-order chi connectivity index (χ0) is 30.7. The molecule has 226 valence electrons. The number of hydrogen-bond acceptors (Lipinski definition) is 5. The largest absolute Gasteiger partial charge is 0.490 e. The molecule has 2 aliphatic heterocycles. The molecule has 4 N–H and O–H groups in total. The molecule has 2 aromatic carbocycles. The van der Waals surface area contributed by atoms with Gasteiger partial charge in [-0.05, 0) is 55.2 Å². The van der Waals surface area contributed by atoms with E-state index in [9.17, 15) is 27.2 Å². The third-order valence-corrected chi connectivity index (χ3v) is 7.73. The summed E-state index contributed by atoms with van der Waals surface area (Å²) in [6.45, 7) is 6.99. The first-order chi connectivity index (χ1) is 19.8. The monoisotopic (exact) mass is 591 g/mol. The summed E-state index contributed by atoms with van der Waals surface area (Å²) in [6, 6.07) is 16.2. The summed E-state index contributed by atoms with van der Waals surface area (Å²) in [4.78, 5) is 42.4. The molecule has 1 spiro atoms.